The molecule has 0 atom stereocenters. The highest BCUT2D eigenvalue weighted by Crippen LogP contribution is 2.11. The van der Waals surface area contributed by atoms with Gasteiger partial charge in [-0.25, -0.2) is 12.7 Å². The van der Waals surface area contributed by atoms with Gasteiger partial charge < -0.3 is 4.98 Å². The van der Waals surface area contributed by atoms with Crippen molar-refractivity contribution >= 4 is 21.4 Å². The Hall–Kier alpha value is -1.71. The van der Waals surface area contributed by atoms with Crippen LogP contribution in [0.1, 0.15) is 21.8 Å². The number of aryl methyl sites for hydroxylation is 2. The molecule has 0 fully saturated rings. The fourth-order valence-corrected chi connectivity index (χ4v) is 3.23. The zero-order valence-corrected chi connectivity index (χ0v) is 13.9. The number of nitrogens with zero attached hydrogens (tertiary/aromatic N) is 1. The normalized spacial score (nSPS) is 11.0. The predicted octanol–water partition coefficient (Wildman–Crippen LogP) is 2.51. The van der Waals surface area contributed by atoms with Crippen molar-refractivity contribution in [2.45, 2.75) is 20.3 Å². The van der Waals surface area contributed by atoms with Gasteiger partial charge in [0.15, 0.2) is 0 Å². The van der Waals surface area contributed by atoms with Gasteiger partial charge in [0.1, 0.15) is 0 Å². The van der Waals surface area contributed by atoms with E-state index in [1.165, 1.54) is 21.9 Å². The van der Waals surface area contributed by atoms with Crippen LogP contribution in [0.15, 0.2) is 23.6 Å². The molecule has 2 heterocycles. The van der Waals surface area contributed by atoms with Gasteiger partial charge in [-0.05, 0) is 42.8 Å². The molecular weight excluding hydrogens is 304 g/mol. The minimum Gasteiger partial charge on any atom is -0.362 e. The van der Waals surface area contributed by atoms with E-state index in [0.717, 1.165) is 21.8 Å². The average molecular weight is 322 g/mol. The molecule has 0 aliphatic carbocycles. The van der Waals surface area contributed by atoms with Gasteiger partial charge in [-0.3, -0.25) is 0 Å². The Bertz CT molecular complexity index is 762. The molecule has 0 spiro atoms. The van der Waals surface area contributed by atoms with Crippen LogP contribution in [0.4, 0.5) is 0 Å². The fraction of sp³-hybridized carbons (Fsp3) is 0.333. The molecule has 6 heteroatoms. The molecule has 0 amide bonds. The van der Waals surface area contributed by atoms with Crippen LogP contribution in [0.2, 0.25) is 0 Å². The first-order chi connectivity index (χ1) is 9.86. The van der Waals surface area contributed by atoms with E-state index in [9.17, 15) is 8.42 Å². The van der Waals surface area contributed by atoms with Crippen LogP contribution in [-0.2, 0) is 16.4 Å². The Kier molecular flexibility index (Phi) is 4.76. The molecule has 21 heavy (non-hydrogen) atoms. The van der Waals surface area contributed by atoms with E-state index in [4.69, 9.17) is 0 Å². The predicted molar refractivity (Wildman–Crippen MR) is 86.7 cm³/mol. The maximum Gasteiger partial charge on any atom is 0.238 e. The monoisotopic (exact) mass is 322 g/mol. The second-order valence-electron chi connectivity index (χ2n) is 4.91. The number of rotatable bonds is 4. The largest absolute Gasteiger partial charge is 0.362 e. The molecule has 0 radical (unpaired) electrons. The van der Waals surface area contributed by atoms with Gasteiger partial charge in [0, 0.05) is 30.4 Å². The first kappa shape index (κ1) is 15.7. The van der Waals surface area contributed by atoms with E-state index in [1.807, 2.05) is 31.4 Å². The molecule has 0 unspecified atom stereocenters. The highest BCUT2D eigenvalue weighted by Gasteiger charge is 2.13. The van der Waals surface area contributed by atoms with Crippen molar-refractivity contribution in [1.82, 2.24) is 9.29 Å². The van der Waals surface area contributed by atoms with Crippen molar-refractivity contribution < 1.29 is 8.42 Å². The van der Waals surface area contributed by atoms with Gasteiger partial charge in [0.05, 0.1) is 11.1 Å². The van der Waals surface area contributed by atoms with E-state index < -0.39 is 10.0 Å². The van der Waals surface area contributed by atoms with Crippen LogP contribution in [0, 0.1) is 25.8 Å². The van der Waals surface area contributed by atoms with Crippen LogP contribution < -0.4 is 0 Å². The summed E-state index contributed by atoms with van der Waals surface area (Å²) in [6.45, 7) is 4.35. The van der Waals surface area contributed by atoms with Gasteiger partial charge in [-0.2, -0.15) is 0 Å². The molecular formula is C15H18N2O2S2. The first-order valence-electron chi connectivity index (χ1n) is 6.54. The van der Waals surface area contributed by atoms with Crippen LogP contribution in [0.5, 0.6) is 0 Å². The van der Waals surface area contributed by atoms with Crippen LogP contribution in [-0.4, -0.2) is 30.5 Å². The summed E-state index contributed by atoms with van der Waals surface area (Å²) in [5.41, 5.74) is 3.28. The average Bonchev–Trinajstić information content (AvgIpc) is 2.98. The second kappa shape index (κ2) is 6.37. The molecule has 0 saturated heterocycles. The minimum absolute atomic E-state index is 0.345. The Labute approximate surface area is 129 Å². The number of sulfonamides is 1. The van der Waals surface area contributed by atoms with E-state index in [2.05, 4.69) is 23.0 Å². The smallest absolute Gasteiger partial charge is 0.238 e. The van der Waals surface area contributed by atoms with E-state index in [-0.39, 0.29) is 0 Å². The number of thiophene rings is 1. The number of aromatic nitrogens is 1. The zero-order valence-electron chi connectivity index (χ0n) is 12.3. The van der Waals surface area contributed by atoms with Crippen molar-refractivity contribution in [3.63, 3.8) is 0 Å². The van der Waals surface area contributed by atoms with Crippen molar-refractivity contribution in [3.8, 4) is 12.0 Å². The summed E-state index contributed by atoms with van der Waals surface area (Å²) in [6, 6.07) is 8.57. The van der Waals surface area contributed by atoms with Crippen molar-refractivity contribution in [2.24, 2.45) is 0 Å². The summed E-state index contributed by atoms with van der Waals surface area (Å²) < 4.78 is 24.8. The number of hydrogen-bond donors (Lipinski definition) is 1. The third kappa shape index (κ3) is 4.38. The lowest BCUT2D eigenvalue weighted by atomic mass is 10.2. The number of aromatic amines is 1. The Morgan fingerprint density at radius 3 is 2.67 bits per heavy atom. The van der Waals surface area contributed by atoms with Crippen molar-refractivity contribution in [3.05, 3.63) is 45.4 Å². The topological polar surface area (TPSA) is 53.2 Å². The molecule has 2 rings (SSSR count). The van der Waals surface area contributed by atoms with Crippen LogP contribution in [0.25, 0.3) is 0 Å². The van der Waals surface area contributed by atoms with Gasteiger partial charge >= 0.3 is 0 Å². The molecule has 4 nitrogen and oxygen atoms in total. The van der Waals surface area contributed by atoms with Crippen molar-refractivity contribution in [1.29, 1.82) is 0 Å². The first-order valence-corrected chi connectivity index (χ1v) is 9.27. The molecule has 0 aromatic carbocycles. The number of hydrogen-bond acceptors (Lipinski definition) is 3. The molecule has 2 aromatic rings. The van der Waals surface area contributed by atoms with E-state index in [1.54, 1.807) is 0 Å². The lowest BCUT2D eigenvalue weighted by Crippen LogP contribution is -2.27. The quantitative estimate of drug-likeness (QED) is 0.694. The second-order valence-corrected chi connectivity index (χ2v) is 7.77. The molecule has 2 aromatic heterocycles. The lowest BCUT2D eigenvalue weighted by Gasteiger charge is -2.14. The fourth-order valence-electron chi connectivity index (χ4n) is 2.03. The Morgan fingerprint density at radius 1 is 1.38 bits per heavy atom. The van der Waals surface area contributed by atoms with Crippen LogP contribution >= 0.6 is 11.3 Å². The van der Waals surface area contributed by atoms with E-state index >= 15 is 0 Å². The molecule has 0 aliphatic rings. The summed E-state index contributed by atoms with van der Waals surface area (Å²) in [4.78, 5) is 4.11. The molecule has 0 bridgehead atoms. The summed E-state index contributed by atoms with van der Waals surface area (Å²) in [6.07, 6.45) is 1.80. The maximum absolute atomic E-state index is 11.8. The SMILES string of the molecule is Cc1cc(C)c(CCN(C#Cc2cccs2)S(C)(=O)=O)[nH]1. The number of H-pyrrole nitrogens is 1. The Balaban J connectivity index is 2.13. The van der Waals surface area contributed by atoms with Gasteiger partial charge in [-0.15, -0.1) is 11.3 Å². The molecule has 0 saturated carbocycles. The van der Waals surface area contributed by atoms with Gasteiger partial charge in [-0.1, -0.05) is 6.07 Å². The van der Waals surface area contributed by atoms with Crippen molar-refractivity contribution in [2.75, 3.05) is 12.8 Å². The third-order valence-corrected chi connectivity index (χ3v) is 4.91. The van der Waals surface area contributed by atoms with Gasteiger partial charge in [0.2, 0.25) is 10.0 Å². The standard InChI is InChI=1S/C15H18N2O2S2/c1-12-11-13(2)16-15(12)7-9-17(21(3,18)19)8-6-14-5-4-10-20-14/h4-5,10-11,16H,7,9H2,1-3H3. The zero-order chi connectivity index (χ0) is 15.5. The highest BCUT2D eigenvalue weighted by molar-refractivity contribution is 7.88. The van der Waals surface area contributed by atoms with Crippen LogP contribution in [0.3, 0.4) is 0 Å². The molecule has 0 aliphatic heterocycles. The van der Waals surface area contributed by atoms with E-state index in [0.29, 0.717) is 13.0 Å². The highest BCUT2D eigenvalue weighted by atomic mass is 32.2. The lowest BCUT2D eigenvalue weighted by molar-refractivity contribution is 0.517. The molecule has 1 N–H and O–H groups in total. The maximum atomic E-state index is 11.8. The molecule has 112 valence electrons. The minimum atomic E-state index is -3.34. The summed E-state index contributed by atoms with van der Waals surface area (Å²) >= 11 is 1.49. The summed E-state index contributed by atoms with van der Waals surface area (Å²) in [5, 5.41) is 1.92. The summed E-state index contributed by atoms with van der Waals surface area (Å²) in [7, 11) is -3.34. The van der Waals surface area contributed by atoms with Gasteiger partial charge in [0.25, 0.3) is 0 Å². The Morgan fingerprint density at radius 2 is 2.14 bits per heavy atom. The summed E-state index contributed by atoms with van der Waals surface area (Å²) in [5.74, 6) is 2.89. The third-order valence-electron chi connectivity index (χ3n) is 3.05. The number of nitrogens with one attached hydrogen (secondary N) is 1.